The first-order valence-electron chi connectivity index (χ1n) is 8.99. The molecule has 1 heterocycles. The molecule has 5 nitrogen and oxygen atoms in total. The molecule has 2 aromatic carbocycles. The number of amides is 2. The Balaban J connectivity index is 1.48. The minimum atomic E-state index is -0.0932. The molecule has 0 spiro atoms. The number of ether oxygens (including phenoxy) is 1. The highest BCUT2D eigenvalue weighted by Crippen LogP contribution is 2.21. The number of methoxy groups -OCH3 is 1. The summed E-state index contributed by atoms with van der Waals surface area (Å²) in [5.74, 6) is 0.939. The highest BCUT2D eigenvalue weighted by atomic mass is 16.5. The Morgan fingerprint density at radius 2 is 1.92 bits per heavy atom. The first kappa shape index (κ1) is 18.0. The van der Waals surface area contributed by atoms with Gasteiger partial charge in [-0.15, -0.1) is 0 Å². The van der Waals surface area contributed by atoms with Crippen molar-refractivity contribution in [3.05, 3.63) is 59.7 Å². The highest BCUT2D eigenvalue weighted by molar-refractivity contribution is 5.97. The predicted molar refractivity (Wildman–Crippen MR) is 102 cm³/mol. The third kappa shape index (κ3) is 4.23. The molecule has 0 unspecified atom stereocenters. The SMILES string of the molecule is COc1ccccc1CCCNC(=O)c1ccc(N2CCCC2=O)cc1. The highest BCUT2D eigenvalue weighted by Gasteiger charge is 2.21. The fourth-order valence-corrected chi connectivity index (χ4v) is 3.21. The molecule has 136 valence electrons. The average Bonchev–Trinajstić information content (AvgIpc) is 3.11. The molecular formula is C21H24N2O3. The molecule has 3 rings (SSSR count). The van der Waals surface area contributed by atoms with Crippen LogP contribution in [0.2, 0.25) is 0 Å². The van der Waals surface area contributed by atoms with Crippen LogP contribution in [0.1, 0.15) is 35.2 Å². The topological polar surface area (TPSA) is 58.6 Å². The lowest BCUT2D eigenvalue weighted by Gasteiger charge is -2.15. The Morgan fingerprint density at radius 3 is 2.62 bits per heavy atom. The van der Waals surface area contributed by atoms with Crippen LogP contribution in [0.25, 0.3) is 0 Å². The number of benzene rings is 2. The van der Waals surface area contributed by atoms with E-state index in [0.29, 0.717) is 18.5 Å². The summed E-state index contributed by atoms with van der Waals surface area (Å²) in [4.78, 5) is 25.8. The van der Waals surface area contributed by atoms with Crippen LogP contribution < -0.4 is 15.0 Å². The third-order valence-electron chi connectivity index (χ3n) is 4.62. The molecule has 1 aliphatic heterocycles. The van der Waals surface area contributed by atoms with Crippen LogP contribution in [-0.4, -0.2) is 32.0 Å². The Kier molecular flexibility index (Phi) is 5.89. The van der Waals surface area contributed by atoms with Gasteiger partial charge in [-0.1, -0.05) is 18.2 Å². The smallest absolute Gasteiger partial charge is 0.251 e. The van der Waals surface area contributed by atoms with E-state index in [1.165, 1.54) is 0 Å². The number of carbonyl (C=O) groups is 2. The number of hydrogen-bond acceptors (Lipinski definition) is 3. The van der Waals surface area contributed by atoms with Gasteiger partial charge in [0, 0.05) is 30.8 Å². The summed E-state index contributed by atoms with van der Waals surface area (Å²) in [6.07, 6.45) is 3.19. The molecule has 0 radical (unpaired) electrons. The van der Waals surface area contributed by atoms with E-state index in [1.807, 2.05) is 36.4 Å². The van der Waals surface area contributed by atoms with E-state index in [0.717, 1.165) is 42.8 Å². The second-order valence-corrected chi connectivity index (χ2v) is 6.37. The normalized spacial score (nSPS) is 13.7. The number of aryl methyl sites for hydroxylation is 1. The summed E-state index contributed by atoms with van der Waals surface area (Å²) in [6.45, 7) is 1.36. The number of carbonyl (C=O) groups excluding carboxylic acids is 2. The van der Waals surface area contributed by atoms with Crippen LogP contribution in [0.4, 0.5) is 5.69 Å². The van der Waals surface area contributed by atoms with Crippen LogP contribution in [0.3, 0.4) is 0 Å². The Hall–Kier alpha value is -2.82. The number of rotatable bonds is 7. The van der Waals surface area contributed by atoms with Crippen LogP contribution in [0, 0.1) is 0 Å². The van der Waals surface area contributed by atoms with Crippen molar-refractivity contribution in [1.29, 1.82) is 0 Å². The Bertz CT molecular complexity index is 771. The molecule has 1 aliphatic rings. The molecule has 1 N–H and O–H groups in total. The summed E-state index contributed by atoms with van der Waals surface area (Å²) in [7, 11) is 1.67. The number of para-hydroxylation sites is 1. The van der Waals surface area contributed by atoms with Crippen LogP contribution in [0.5, 0.6) is 5.75 Å². The molecule has 2 aromatic rings. The first-order chi connectivity index (χ1) is 12.7. The summed E-state index contributed by atoms with van der Waals surface area (Å²) in [5.41, 5.74) is 2.61. The molecule has 0 saturated carbocycles. The summed E-state index contributed by atoms with van der Waals surface area (Å²) < 4.78 is 5.34. The Labute approximate surface area is 154 Å². The zero-order chi connectivity index (χ0) is 18.4. The third-order valence-corrected chi connectivity index (χ3v) is 4.62. The number of nitrogens with zero attached hydrogens (tertiary/aromatic N) is 1. The van der Waals surface area contributed by atoms with Gasteiger partial charge in [0.15, 0.2) is 0 Å². The number of nitrogens with one attached hydrogen (secondary N) is 1. The summed E-state index contributed by atoms with van der Waals surface area (Å²) in [6, 6.07) is 15.2. The van der Waals surface area contributed by atoms with Crippen LogP contribution in [-0.2, 0) is 11.2 Å². The van der Waals surface area contributed by atoms with Crippen molar-refractivity contribution in [2.75, 3.05) is 25.1 Å². The molecule has 0 aromatic heterocycles. The second-order valence-electron chi connectivity index (χ2n) is 6.37. The van der Waals surface area contributed by atoms with E-state index in [2.05, 4.69) is 5.32 Å². The molecule has 0 bridgehead atoms. The first-order valence-corrected chi connectivity index (χ1v) is 8.99. The molecule has 26 heavy (non-hydrogen) atoms. The molecular weight excluding hydrogens is 328 g/mol. The maximum absolute atomic E-state index is 12.3. The van der Waals surface area contributed by atoms with E-state index in [9.17, 15) is 9.59 Å². The van der Waals surface area contributed by atoms with Gasteiger partial charge < -0.3 is 15.0 Å². The molecule has 5 heteroatoms. The standard InChI is InChI=1S/C21H24N2O3/c1-26-19-8-3-2-6-16(19)7-4-14-22-21(25)17-10-12-18(13-11-17)23-15-5-9-20(23)24/h2-3,6,8,10-13H,4-5,7,9,14-15H2,1H3,(H,22,25). The quantitative estimate of drug-likeness (QED) is 0.779. The lowest BCUT2D eigenvalue weighted by atomic mass is 10.1. The van der Waals surface area contributed by atoms with Gasteiger partial charge in [-0.05, 0) is 55.2 Å². The van der Waals surface area contributed by atoms with Gasteiger partial charge in [0.25, 0.3) is 5.91 Å². The lowest BCUT2D eigenvalue weighted by Crippen LogP contribution is -2.26. The van der Waals surface area contributed by atoms with Crippen LogP contribution >= 0.6 is 0 Å². The molecule has 0 aliphatic carbocycles. The zero-order valence-corrected chi connectivity index (χ0v) is 15.0. The fraction of sp³-hybridized carbons (Fsp3) is 0.333. The molecule has 2 amide bonds. The van der Waals surface area contributed by atoms with Gasteiger partial charge in [-0.25, -0.2) is 0 Å². The fourth-order valence-electron chi connectivity index (χ4n) is 3.21. The van der Waals surface area contributed by atoms with Gasteiger partial charge in [0.05, 0.1) is 7.11 Å². The molecule has 1 saturated heterocycles. The van der Waals surface area contributed by atoms with E-state index >= 15 is 0 Å². The van der Waals surface area contributed by atoms with Crippen molar-refractivity contribution in [3.8, 4) is 5.75 Å². The number of hydrogen-bond donors (Lipinski definition) is 1. The van der Waals surface area contributed by atoms with E-state index < -0.39 is 0 Å². The second kappa shape index (κ2) is 8.52. The van der Waals surface area contributed by atoms with Crippen molar-refractivity contribution in [2.45, 2.75) is 25.7 Å². The van der Waals surface area contributed by atoms with Crippen molar-refractivity contribution in [2.24, 2.45) is 0 Å². The summed E-state index contributed by atoms with van der Waals surface area (Å²) >= 11 is 0. The Morgan fingerprint density at radius 1 is 1.15 bits per heavy atom. The number of anilines is 1. The van der Waals surface area contributed by atoms with E-state index in [-0.39, 0.29) is 11.8 Å². The predicted octanol–water partition coefficient (Wildman–Crippen LogP) is 3.18. The maximum atomic E-state index is 12.3. The monoisotopic (exact) mass is 352 g/mol. The largest absolute Gasteiger partial charge is 0.496 e. The van der Waals surface area contributed by atoms with Gasteiger partial charge in [-0.3, -0.25) is 9.59 Å². The van der Waals surface area contributed by atoms with Gasteiger partial charge >= 0.3 is 0 Å². The van der Waals surface area contributed by atoms with E-state index in [4.69, 9.17) is 4.74 Å². The minimum Gasteiger partial charge on any atom is -0.496 e. The summed E-state index contributed by atoms with van der Waals surface area (Å²) in [5, 5.41) is 2.94. The van der Waals surface area contributed by atoms with Crippen molar-refractivity contribution >= 4 is 17.5 Å². The van der Waals surface area contributed by atoms with Gasteiger partial charge in [-0.2, -0.15) is 0 Å². The maximum Gasteiger partial charge on any atom is 0.251 e. The molecule has 0 atom stereocenters. The van der Waals surface area contributed by atoms with Crippen LogP contribution in [0.15, 0.2) is 48.5 Å². The van der Waals surface area contributed by atoms with Gasteiger partial charge in [0.2, 0.25) is 5.91 Å². The average molecular weight is 352 g/mol. The minimum absolute atomic E-state index is 0.0932. The zero-order valence-electron chi connectivity index (χ0n) is 15.0. The van der Waals surface area contributed by atoms with Gasteiger partial charge in [0.1, 0.15) is 5.75 Å². The van der Waals surface area contributed by atoms with E-state index in [1.54, 1.807) is 24.1 Å². The van der Waals surface area contributed by atoms with Crippen molar-refractivity contribution in [3.63, 3.8) is 0 Å². The lowest BCUT2D eigenvalue weighted by molar-refractivity contribution is -0.117. The molecule has 1 fully saturated rings. The van der Waals surface area contributed by atoms with Crippen molar-refractivity contribution < 1.29 is 14.3 Å². The van der Waals surface area contributed by atoms with Crippen molar-refractivity contribution in [1.82, 2.24) is 5.32 Å².